The number of hydrogen-bond donors (Lipinski definition) is 2. The highest BCUT2D eigenvalue weighted by molar-refractivity contribution is 5.75. The molecule has 132 valence electrons. The van der Waals surface area contributed by atoms with Gasteiger partial charge in [0.25, 0.3) is 0 Å². The number of carbonyl (C=O) groups excluding carboxylic acids is 1. The fourth-order valence-electron chi connectivity index (χ4n) is 3.30. The summed E-state index contributed by atoms with van der Waals surface area (Å²) in [7, 11) is 1.51. The van der Waals surface area contributed by atoms with Crippen molar-refractivity contribution in [3.63, 3.8) is 0 Å². The maximum absolute atomic E-state index is 14.0. The Kier molecular flexibility index (Phi) is 4.99. The van der Waals surface area contributed by atoms with Crippen molar-refractivity contribution in [1.29, 1.82) is 0 Å². The number of nitrogens with two attached hydrogens (primary N) is 1. The average molecular weight is 345 g/mol. The van der Waals surface area contributed by atoms with E-state index in [1.54, 1.807) is 6.07 Å². The first-order valence-corrected chi connectivity index (χ1v) is 8.22. The summed E-state index contributed by atoms with van der Waals surface area (Å²) in [6, 6.07) is 12.5. The van der Waals surface area contributed by atoms with Gasteiger partial charge in [-0.05, 0) is 35.2 Å². The summed E-state index contributed by atoms with van der Waals surface area (Å²) >= 11 is 0. The first-order valence-electron chi connectivity index (χ1n) is 8.22. The van der Waals surface area contributed by atoms with Gasteiger partial charge in [-0.1, -0.05) is 36.4 Å². The molecule has 4 nitrogen and oxygen atoms in total. The second-order valence-electron chi connectivity index (χ2n) is 6.28. The monoisotopic (exact) mass is 345 g/mol. The van der Waals surface area contributed by atoms with Gasteiger partial charge in [0.05, 0.1) is 18.6 Å². The highest BCUT2D eigenvalue weighted by Gasteiger charge is 2.41. The Balaban J connectivity index is 1.85. The van der Waals surface area contributed by atoms with Crippen LogP contribution < -0.4 is 11.1 Å². The molecule has 0 saturated carbocycles. The molecule has 3 rings (SSSR count). The second kappa shape index (κ2) is 7.19. The van der Waals surface area contributed by atoms with Crippen LogP contribution in [0.2, 0.25) is 0 Å². The molecule has 0 bridgehead atoms. The summed E-state index contributed by atoms with van der Waals surface area (Å²) in [6.45, 7) is -0.00487. The Bertz CT molecular complexity index is 768. The Labute approximate surface area is 145 Å². The summed E-state index contributed by atoms with van der Waals surface area (Å²) in [5, 5.41) is 2.53. The number of amides is 2. The zero-order valence-corrected chi connectivity index (χ0v) is 14.0. The van der Waals surface area contributed by atoms with Crippen molar-refractivity contribution in [2.75, 3.05) is 13.6 Å². The normalized spacial score (nSPS) is 22.9. The van der Waals surface area contributed by atoms with Gasteiger partial charge in [0.2, 0.25) is 0 Å². The highest BCUT2D eigenvalue weighted by atomic mass is 19.1. The third-order valence-corrected chi connectivity index (χ3v) is 4.64. The molecule has 6 heteroatoms. The Morgan fingerprint density at radius 1 is 1.24 bits per heavy atom. The highest BCUT2D eigenvalue weighted by Crippen LogP contribution is 2.26. The predicted molar refractivity (Wildman–Crippen MR) is 93.4 cm³/mol. The Morgan fingerprint density at radius 3 is 2.60 bits per heavy atom. The number of nitrogens with zero attached hydrogens (tertiary/aromatic N) is 1. The zero-order valence-electron chi connectivity index (χ0n) is 14.0. The maximum Gasteiger partial charge on any atom is 0.317 e. The van der Waals surface area contributed by atoms with Gasteiger partial charge in [-0.25, -0.2) is 13.6 Å². The van der Waals surface area contributed by atoms with Crippen molar-refractivity contribution in [2.24, 2.45) is 5.73 Å². The molecule has 2 amide bonds. The van der Waals surface area contributed by atoms with Crippen LogP contribution in [0.5, 0.6) is 0 Å². The Morgan fingerprint density at radius 2 is 1.92 bits per heavy atom. The fraction of sp³-hybridized carbons (Fsp3) is 0.316. The van der Waals surface area contributed by atoms with E-state index < -0.39 is 18.3 Å². The van der Waals surface area contributed by atoms with E-state index in [-0.39, 0.29) is 18.4 Å². The van der Waals surface area contributed by atoms with Crippen LogP contribution in [-0.4, -0.2) is 42.8 Å². The van der Waals surface area contributed by atoms with Crippen LogP contribution >= 0.6 is 0 Å². The molecule has 1 heterocycles. The number of likely N-dealkylation sites (tertiary alicyclic amines) is 1. The molecule has 1 aliphatic rings. The van der Waals surface area contributed by atoms with E-state index >= 15 is 0 Å². The molecule has 0 aromatic heterocycles. The van der Waals surface area contributed by atoms with Crippen LogP contribution in [0.3, 0.4) is 0 Å². The van der Waals surface area contributed by atoms with Crippen LogP contribution in [0, 0.1) is 5.82 Å². The lowest BCUT2D eigenvalue weighted by atomic mass is 9.96. The molecular formula is C19H21F2N3O. The third kappa shape index (κ3) is 3.64. The number of rotatable bonds is 3. The molecule has 2 aromatic carbocycles. The lowest BCUT2D eigenvalue weighted by molar-refractivity contribution is 0.191. The lowest BCUT2D eigenvalue weighted by Gasteiger charge is -2.26. The minimum atomic E-state index is -1.24. The van der Waals surface area contributed by atoms with Crippen LogP contribution in [0.1, 0.15) is 5.56 Å². The topological polar surface area (TPSA) is 58.4 Å². The van der Waals surface area contributed by atoms with Crippen LogP contribution in [0.4, 0.5) is 13.6 Å². The fourth-order valence-corrected chi connectivity index (χ4v) is 3.30. The zero-order chi connectivity index (χ0) is 18.0. The first-order chi connectivity index (χ1) is 12.0. The molecule has 0 aliphatic carbocycles. The van der Waals surface area contributed by atoms with Crippen molar-refractivity contribution in [3.8, 4) is 11.1 Å². The number of halogens is 2. The van der Waals surface area contributed by atoms with Crippen molar-refractivity contribution >= 4 is 6.03 Å². The third-order valence-electron chi connectivity index (χ3n) is 4.64. The van der Waals surface area contributed by atoms with Gasteiger partial charge in [-0.2, -0.15) is 0 Å². The van der Waals surface area contributed by atoms with Crippen molar-refractivity contribution in [1.82, 2.24) is 10.2 Å². The molecular weight excluding hydrogens is 324 g/mol. The summed E-state index contributed by atoms with van der Waals surface area (Å²) < 4.78 is 27.5. The summed E-state index contributed by atoms with van der Waals surface area (Å²) in [5.41, 5.74) is 8.53. The molecule has 3 atom stereocenters. The molecule has 1 unspecified atom stereocenters. The molecule has 1 aliphatic heterocycles. The van der Waals surface area contributed by atoms with E-state index in [0.717, 1.165) is 16.7 Å². The van der Waals surface area contributed by atoms with E-state index in [1.807, 2.05) is 30.3 Å². The van der Waals surface area contributed by atoms with Gasteiger partial charge in [-0.3, -0.25) is 0 Å². The molecule has 1 saturated heterocycles. The van der Waals surface area contributed by atoms with Crippen LogP contribution in [-0.2, 0) is 6.42 Å². The largest absolute Gasteiger partial charge is 0.341 e. The van der Waals surface area contributed by atoms with Crippen molar-refractivity contribution in [2.45, 2.75) is 24.7 Å². The second-order valence-corrected chi connectivity index (χ2v) is 6.28. The number of alkyl halides is 1. The van der Waals surface area contributed by atoms with Crippen molar-refractivity contribution < 1.29 is 13.6 Å². The number of hydrogen-bond acceptors (Lipinski definition) is 2. The predicted octanol–water partition coefficient (Wildman–Crippen LogP) is 2.72. The van der Waals surface area contributed by atoms with E-state index in [9.17, 15) is 13.6 Å². The maximum atomic E-state index is 14.0. The lowest BCUT2D eigenvalue weighted by Crippen LogP contribution is -2.47. The average Bonchev–Trinajstić information content (AvgIpc) is 2.90. The van der Waals surface area contributed by atoms with Gasteiger partial charge in [0.1, 0.15) is 12.0 Å². The number of nitrogens with one attached hydrogen (secondary N) is 1. The van der Waals surface area contributed by atoms with Gasteiger partial charge in [-0.15, -0.1) is 0 Å². The van der Waals surface area contributed by atoms with E-state index in [0.29, 0.717) is 6.42 Å². The number of benzene rings is 2. The number of carbonyl (C=O) groups is 1. The van der Waals surface area contributed by atoms with Gasteiger partial charge in [0.15, 0.2) is 0 Å². The van der Waals surface area contributed by atoms with Crippen molar-refractivity contribution in [3.05, 3.63) is 59.9 Å². The van der Waals surface area contributed by atoms with Crippen LogP contribution in [0.25, 0.3) is 11.1 Å². The summed E-state index contributed by atoms with van der Waals surface area (Å²) in [4.78, 5) is 13.4. The first kappa shape index (κ1) is 17.4. The molecule has 0 radical (unpaired) electrons. The van der Waals surface area contributed by atoms with Gasteiger partial charge in [0, 0.05) is 7.05 Å². The van der Waals surface area contributed by atoms with E-state index in [1.165, 1.54) is 24.1 Å². The van der Waals surface area contributed by atoms with Crippen LogP contribution in [0.15, 0.2) is 48.5 Å². The van der Waals surface area contributed by atoms with E-state index in [2.05, 4.69) is 5.32 Å². The quantitative estimate of drug-likeness (QED) is 0.899. The Hall–Kier alpha value is -2.47. The minimum Gasteiger partial charge on any atom is -0.341 e. The molecule has 1 fully saturated rings. The smallest absolute Gasteiger partial charge is 0.317 e. The molecule has 0 spiro atoms. The molecule has 2 aromatic rings. The van der Waals surface area contributed by atoms with Gasteiger partial charge < -0.3 is 16.0 Å². The summed E-state index contributed by atoms with van der Waals surface area (Å²) in [5.74, 6) is -0.299. The SMILES string of the molecule is CNC(=O)N1C[C@H](F)C(N)[C@@H]1Cc1cccc(-c2cccc(F)c2)c1. The standard InChI is InChI=1S/C19H21F2N3O/c1-23-19(25)24-11-16(21)18(22)17(24)9-12-4-2-5-13(8-12)14-6-3-7-15(20)10-14/h2-8,10,16-18H,9,11,22H2,1H3,(H,23,25)/t16-,17-,18?/m0/s1. The number of urea groups is 1. The van der Waals surface area contributed by atoms with E-state index in [4.69, 9.17) is 5.73 Å². The molecule has 25 heavy (non-hydrogen) atoms. The van der Waals surface area contributed by atoms with Gasteiger partial charge >= 0.3 is 6.03 Å². The summed E-state index contributed by atoms with van der Waals surface area (Å²) in [6.07, 6.45) is -0.799. The molecule has 3 N–H and O–H groups in total. The minimum absolute atomic E-state index is 0.00487.